The van der Waals surface area contributed by atoms with Gasteiger partial charge in [-0.05, 0) is 6.07 Å². The van der Waals surface area contributed by atoms with Crippen LogP contribution in [0.2, 0.25) is 5.02 Å². The first kappa shape index (κ1) is 11.1. The van der Waals surface area contributed by atoms with Gasteiger partial charge in [-0.1, -0.05) is 11.6 Å². The van der Waals surface area contributed by atoms with E-state index in [1.54, 1.807) is 12.1 Å². The van der Waals surface area contributed by atoms with Gasteiger partial charge in [0, 0.05) is 18.2 Å². The lowest BCUT2D eigenvalue weighted by Crippen LogP contribution is -2.11. The maximum atomic E-state index is 9.56. The third-order valence-electron chi connectivity index (χ3n) is 1.76. The van der Waals surface area contributed by atoms with Crippen molar-refractivity contribution in [1.82, 2.24) is 5.48 Å². The van der Waals surface area contributed by atoms with Crippen LogP contribution < -0.4 is 10.2 Å². The van der Waals surface area contributed by atoms with Crippen LogP contribution in [0.5, 0.6) is 11.5 Å². The number of aromatic hydroxyl groups is 1. The van der Waals surface area contributed by atoms with Gasteiger partial charge in [0.1, 0.15) is 11.5 Å². The normalized spacial score (nSPS) is 10.2. The molecule has 1 rings (SSSR count). The monoisotopic (exact) mass is 217 g/mol. The Labute approximate surface area is 87.4 Å². The van der Waals surface area contributed by atoms with Gasteiger partial charge >= 0.3 is 0 Å². The second kappa shape index (κ2) is 5.05. The van der Waals surface area contributed by atoms with Gasteiger partial charge in [-0.2, -0.15) is 5.48 Å². The summed E-state index contributed by atoms with van der Waals surface area (Å²) in [5.41, 5.74) is 3.23. The molecule has 0 bridgehead atoms. The van der Waals surface area contributed by atoms with Crippen LogP contribution in [-0.2, 0) is 11.4 Å². The van der Waals surface area contributed by atoms with E-state index in [0.29, 0.717) is 17.9 Å². The molecule has 0 aliphatic carbocycles. The molecule has 0 aliphatic rings. The van der Waals surface area contributed by atoms with Crippen LogP contribution >= 0.6 is 11.6 Å². The number of rotatable bonds is 4. The summed E-state index contributed by atoms with van der Waals surface area (Å²) in [5.74, 6) is 0.637. The quantitative estimate of drug-likeness (QED) is 0.754. The van der Waals surface area contributed by atoms with E-state index in [-0.39, 0.29) is 10.8 Å². The number of ether oxygens (including phenoxy) is 1. The fourth-order valence-electron chi connectivity index (χ4n) is 1.03. The molecular weight excluding hydrogens is 206 g/mol. The second-order valence-electron chi connectivity index (χ2n) is 2.64. The molecule has 0 radical (unpaired) electrons. The molecule has 0 saturated carbocycles. The Kier molecular flexibility index (Phi) is 4.00. The van der Waals surface area contributed by atoms with Crippen LogP contribution in [0.3, 0.4) is 0 Å². The molecule has 4 nitrogen and oxygen atoms in total. The largest absolute Gasteiger partial charge is 0.506 e. The number of phenols is 1. The zero-order valence-electron chi connectivity index (χ0n) is 8.00. The molecule has 5 heteroatoms. The van der Waals surface area contributed by atoms with Crippen LogP contribution in [0.1, 0.15) is 5.56 Å². The van der Waals surface area contributed by atoms with E-state index in [0.717, 1.165) is 0 Å². The molecule has 2 N–H and O–H groups in total. The number of halogens is 1. The zero-order chi connectivity index (χ0) is 10.6. The Bertz CT molecular complexity index is 317. The molecule has 0 atom stereocenters. The minimum atomic E-state index is 0.0389. The van der Waals surface area contributed by atoms with Crippen molar-refractivity contribution in [3.05, 3.63) is 22.7 Å². The molecule has 0 spiro atoms. The van der Waals surface area contributed by atoms with Gasteiger partial charge in [-0.15, -0.1) is 0 Å². The summed E-state index contributed by atoms with van der Waals surface area (Å²) < 4.78 is 5.01. The van der Waals surface area contributed by atoms with E-state index >= 15 is 0 Å². The summed E-state index contributed by atoms with van der Waals surface area (Å²) in [6.45, 7) is 0.360. The molecular formula is C9H12ClNO3. The Hall–Kier alpha value is -0.970. The predicted octanol–water partition coefficient (Wildman–Crippen LogP) is 1.71. The minimum Gasteiger partial charge on any atom is -0.506 e. The summed E-state index contributed by atoms with van der Waals surface area (Å²) in [7, 11) is 3.04. The van der Waals surface area contributed by atoms with Gasteiger partial charge < -0.3 is 14.7 Å². The number of hydroxylamine groups is 1. The van der Waals surface area contributed by atoms with Gasteiger partial charge in [-0.3, -0.25) is 0 Å². The lowest BCUT2D eigenvalue weighted by molar-refractivity contribution is 0.0861. The lowest BCUT2D eigenvalue weighted by atomic mass is 10.2. The molecule has 0 aromatic heterocycles. The number of benzene rings is 1. The maximum absolute atomic E-state index is 9.56. The highest BCUT2D eigenvalue weighted by molar-refractivity contribution is 6.32. The lowest BCUT2D eigenvalue weighted by Gasteiger charge is -2.09. The van der Waals surface area contributed by atoms with Gasteiger partial charge in [0.15, 0.2) is 0 Å². The average molecular weight is 218 g/mol. The first-order valence-electron chi connectivity index (χ1n) is 4.00. The van der Waals surface area contributed by atoms with Gasteiger partial charge in [-0.25, -0.2) is 0 Å². The highest BCUT2D eigenvalue weighted by Crippen LogP contribution is 2.32. The van der Waals surface area contributed by atoms with Crippen LogP contribution in [0, 0.1) is 0 Å². The third-order valence-corrected chi connectivity index (χ3v) is 2.05. The molecule has 14 heavy (non-hydrogen) atoms. The van der Waals surface area contributed by atoms with Crippen molar-refractivity contribution in [3.8, 4) is 11.5 Å². The van der Waals surface area contributed by atoms with Gasteiger partial charge in [0.25, 0.3) is 0 Å². The average Bonchev–Trinajstić information content (AvgIpc) is 2.20. The van der Waals surface area contributed by atoms with E-state index in [2.05, 4.69) is 10.3 Å². The maximum Gasteiger partial charge on any atom is 0.139 e. The minimum absolute atomic E-state index is 0.0389. The fraction of sp³-hybridized carbons (Fsp3) is 0.333. The van der Waals surface area contributed by atoms with Gasteiger partial charge in [0.05, 0.1) is 19.2 Å². The van der Waals surface area contributed by atoms with E-state index in [1.807, 2.05) is 0 Å². The molecule has 1 aromatic carbocycles. The van der Waals surface area contributed by atoms with E-state index < -0.39 is 0 Å². The van der Waals surface area contributed by atoms with Crippen molar-refractivity contribution in [2.45, 2.75) is 6.54 Å². The summed E-state index contributed by atoms with van der Waals surface area (Å²) in [4.78, 5) is 4.67. The first-order valence-corrected chi connectivity index (χ1v) is 4.38. The summed E-state index contributed by atoms with van der Waals surface area (Å²) in [6, 6.07) is 3.24. The molecule has 0 amide bonds. The van der Waals surface area contributed by atoms with Crippen molar-refractivity contribution in [2.24, 2.45) is 0 Å². The Morgan fingerprint density at radius 1 is 1.43 bits per heavy atom. The van der Waals surface area contributed by atoms with E-state index in [4.69, 9.17) is 16.3 Å². The predicted molar refractivity (Wildman–Crippen MR) is 53.5 cm³/mol. The van der Waals surface area contributed by atoms with Crippen LogP contribution in [0.25, 0.3) is 0 Å². The Balaban J connectivity index is 2.95. The number of hydrogen-bond donors (Lipinski definition) is 2. The molecule has 78 valence electrons. The van der Waals surface area contributed by atoms with E-state index in [9.17, 15) is 5.11 Å². The zero-order valence-corrected chi connectivity index (χ0v) is 8.76. The van der Waals surface area contributed by atoms with Crippen molar-refractivity contribution in [1.29, 1.82) is 0 Å². The van der Waals surface area contributed by atoms with E-state index in [1.165, 1.54) is 14.2 Å². The molecule has 0 aliphatic heterocycles. The first-order chi connectivity index (χ1) is 6.69. The summed E-state index contributed by atoms with van der Waals surface area (Å²) in [5, 5.41) is 9.82. The van der Waals surface area contributed by atoms with Crippen molar-refractivity contribution < 1.29 is 14.7 Å². The van der Waals surface area contributed by atoms with Crippen molar-refractivity contribution in [2.75, 3.05) is 14.2 Å². The smallest absolute Gasteiger partial charge is 0.139 e. The van der Waals surface area contributed by atoms with Crippen LogP contribution in [-0.4, -0.2) is 19.3 Å². The number of phenolic OH excluding ortho intramolecular Hbond substituents is 1. The second-order valence-corrected chi connectivity index (χ2v) is 3.05. The summed E-state index contributed by atoms with van der Waals surface area (Å²) >= 11 is 5.78. The SMILES string of the molecule is CONCc1cc(OC)cc(Cl)c1O. The summed E-state index contributed by atoms with van der Waals surface area (Å²) in [6.07, 6.45) is 0. The molecule has 0 unspecified atom stereocenters. The molecule has 0 saturated heterocycles. The number of methoxy groups -OCH3 is 1. The van der Waals surface area contributed by atoms with Gasteiger partial charge in [0.2, 0.25) is 0 Å². The topological polar surface area (TPSA) is 50.7 Å². The highest BCUT2D eigenvalue weighted by Gasteiger charge is 2.08. The fourth-order valence-corrected chi connectivity index (χ4v) is 1.26. The highest BCUT2D eigenvalue weighted by atomic mass is 35.5. The van der Waals surface area contributed by atoms with Crippen LogP contribution in [0.15, 0.2) is 12.1 Å². The van der Waals surface area contributed by atoms with Crippen molar-refractivity contribution in [3.63, 3.8) is 0 Å². The number of hydrogen-bond acceptors (Lipinski definition) is 4. The molecule has 0 fully saturated rings. The standard InChI is InChI=1S/C9H12ClNO3/c1-13-7-3-6(5-11-14-2)9(12)8(10)4-7/h3-4,11-12H,5H2,1-2H3. The van der Waals surface area contributed by atoms with Crippen LogP contribution in [0.4, 0.5) is 0 Å². The third kappa shape index (κ3) is 2.51. The Morgan fingerprint density at radius 2 is 2.14 bits per heavy atom. The number of nitrogens with one attached hydrogen (secondary N) is 1. The molecule has 0 heterocycles. The van der Waals surface area contributed by atoms with Crippen molar-refractivity contribution >= 4 is 11.6 Å². The Morgan fingerprint density at radius 3 is 2.71 bits per heavy atom. The molecule has 1 aromatic rings.